The van der Waals surface area contributed by atoms with Crippen molar-refractivity contribution >= 4 is 0 Å². The van der Waals surface area contributed by atoms with E-state index in [0.29, 0.717) is 12.0 Å². The summed E-state index contributed by atoms with van der Waals surface area (Å²) in [6, 6.07) is 4.83. The van der Waals surface area contributed by atoms with Gasteiger partial charge in [-0.15, -0.1) is 0 Å². The second-order valence-corrected chi connectivity index (χ2v) is 6.41. The second-order valence-electron chi connectivity index (χ2n) is 6.41. The molecule has 1 aromatic heterocycles. The molecule has 3 unspecified atom stereocenters. The fourth-order valence-electron chi connectivity index (χ4n) is 3.10. The first-order valence-corrected chi connectivity index (χ1v) is 7.76. The highest BCUT2D eigenvalue weighted by Gasteiger charge is 2.36. The molecule has 19 heavy (non-hydrogen) atoms. The van der Waals surface area contributed by atoms with E-state index >= 15 is 0 Å². The van der Waals surface area contributed by atoms with E-state index in [-0.39, 0.29) is 0 Å². The topological polar surface area (TPSA) is 28.4 Å². The van der Waals surface area contributed by atoms with Gasteiger partial charge in [-0.25, -0.2) is 0 Å². The first-order valence-electron chi connectivity index (χ1n) is 7.76. The molecule has 0 aromatic carbocycles. The van der Waals surface area contributed by atoms with Crippen molar-refractivity contribution in [2.45, 2.75) is 51.6 Å². The lowest BCUT2D eigenvalue weighted by atomic mass is 10.3. The van der Waals surface area contributed by atoms with Crippen LogP contribution in [-0.4, -0.2) is 30.6 Å². The van der Waals surface area contributed by atoms with Crippen molar-refractivity contribution in [2.24, 2.45) is 5.92 Å². The Morgan fingerprint density at radius 3 is 2.79 bits per heavy atom. The molecule has 3 rings (SSSR count). The van der Waals surface area contributed by atoms with E-state index in [1.54, 1.807) is 0 Å². The minimum atomic E-state index is 0.534. The van der Waals surface area contributed by atoms with E-state index < -0.39 is 0 Å². The van der Waals surface area contributed by atoms with Crippen LogP contribution in [0.3, 0.4) is 0 Å². The van der Waals surface area contributed by atoms with Crippen LogP contribution in [0.2, 0.25) is 0 Å². The molecule has 1 saturated carbocycles. The summed E-state index contributed by atoms with van der Waals surface area (Å²) < 4.78 is 5.92. The van der Waals surface area contributed by atoms with E-state index in [9.17, 15) is 0 Å². The van der Waals surface area contributed by atoms with Crippen molar-refractivity contribution in [1.29, 1.82) is 0 Å². The highest BCUT2D eigenvalue weighted by atomic mass is 16.3. The van der Waals surface area contributed by atoms with Gasteiger partial charge in [-0.2, -0.15) is 0 Å². The molecule has 1 aliphatic heterocycles. The predicted octanol–water partition coefficient (Wildman–Crippen LogP) is 2.98. The fourth-order valence-corrected chi connectivity index (χ4v) is 3.10. The Morgan fingerprint density at radius 1 is 1.37 bits per heavy atom. The van der Waals surface area contributed by atoms with Crippen LogP contribution in [-0.2, 0) is 6.54 Å². The van der Waals surface area contributed by atoms with Crippen LogP contribution in [0.5, 0.6) is 0 Å². The van der Waals surface area contributed by atoms with Gasteiger partial charge in [0.1, 0.15) is 11.5 Å². The van der Waals surface area contributed by atoms with Gasteiger partial charge in [0, 0.05) is 18.5 Å². The first-order chi connectivity index (χ1) is 9.22. The lowest BCUT2D eigenvalue weighted by Gasteiger charge is -2.20. The van der Waals surface area contributed by atoms with Crippen molar-refractivity contribution in [1.82, 2.24) is 10.2 Å². The number of nitrogens with zero attached hydrogens (tertiary/aromatic N) is 1. The Bertz CT molecular complexity index is 409. The Labute approximate surface area is 116 Å². The molecule has 0 amide bonds. The van der Waals surface area contributed by atoms with Crippen LogP contribution in [0, 0.1) is 5.92 Å². The molecule has 3 atom stereocenters. The molecule has 2 fully saturated rings. The van der Waals surface area contributed by atoms with Crippen LogP contribution in [0.4, 0.5) is 0 Å². The maximum absolute atomic E-state index is 5.92. The molecule has 1 saturated heterocycles. The minimum Gasteiger partial charge on any atom is -0.464 e. The molecule has 1 N–H and O–H groups in total. The van der Waals surface area contributed by atoms with Gasteiger partial charge >= 0.3 is 0 Å². The smallest absolute Gasteiger partial charge is 0.117 e. The Morgan fingerprint density at radius 2 is 2.11 bits per heavy atom. The lowest BCUT2D eigenvalue weighted by molar-refractivity contribution is 0.293. The Hall–Kier alpha value is -0.800. The number of rotatable bonds is 6. The summed E-state index contributed by atoms with van der Waals surface area (Å²) >= 11 is 0. The van der Waals surface area contributed by atoms with E-state index in [1.165, 1.54) is 38.1 Å². The third kappa shape index (κ3) is 3.40. The van der Waals surface area contributed by atoms with Gasteiger partial charge in [0.25, 0.3) is 0 Å². The SMILES string of the molecule is CC(CN1CCCC1)NCc1ccc(C2CC2C)o1. The quantitative estimate of drug-likeness (QED) is 0.854. The number of hydrogen-bond acceptors (Lipinski definition) is 3. The maximum Gasteiger partial charge on any atom is 0.117 e. The third-order valence-corrected chi connectivity index (χ3v) is 4.51. The first kappa shape index (κ1) is 13.2. The summed E-state index contributed by atoms with van der Waals surface area (Å²) in [5, 5.41) is 3.57. The molecule has 2 aliphatic rings. The molecule has 3 heteroatoms. The average Bonchev–Trinajstić information content (AvgIpc) is 2.87. The predicted molar refractivity (Wildman–Crippen MR) is 77.2 cm³/mol. The summed E-state index contributed by atoms with van der Waals surface area (Å²) in [4.78, 5) is 2.55. The zero-order valence-electron chi connectivity index (χ0n) is 12.2. The molecule has 3 nitrogen and oxygen atoms in total. The van der Waals surface area contributed by atoms with Crippen LogP contribution < -0.4 is 5.32 Å². The van der Waals surface area contributed by atoms with Gasteiger partial charge < -0.3 is 14.6 Å². The Balaban J connectivity index is 1.42. The molecule has 1 aromatic rings. The summed E-state index contributed by atoms with van der Waals surface area (Å²) in [6.07, 6.45) is 4.04. The van der Waals surface area contributed by atoms with Crippen molar-refractivity contribution in [3.8, 4) is 0 Å². The molecule has 106 valence electrons. The molecule has 2 heterocycles. The summed E-state index contributed by atoms with van der Waals surface area (Å²) in [7, 11) is 0. The van der Waals surface area contributed by atoms with Crippen molar-refractivity contribution in [3.63, 3.8) is 0 Å². The summed E-state index contributed by atoms with van der Waals surface area (Å²) in [5.41, 5.74) is 0. The molecule has 0 radical (unpaired) electrons. The number of hydrogen-bond donors (Lipinski definition) is 1. The molecule has 0 spiro atoms. The second kappa shape index (κ2) is 5.68. The summed E-state index contributed by atoms with van der Waals surface area (Å²) in [5.74, 6) is 3.79. The number of furan rings is 1. The molecule has 0 bridgehead atoms. The minimum absolute atomic E-state index is 0.534. The maximum atomic E-state index is 5.92. The van der Waals surface area contributed by atoms with Crippen LogP contribution in [0.15, 0.2) is 16.5 Å². The normalized spacial score (nSPS) is 28.7. The van der Waals surface area contributed by atoms with Crippen LogP contribution in [0.1, 0.15) is 50.5 Å². The highest BCUT2D eigenvalue weighted by Crippen LogP contribution is 2.47. The molecular weight excluding hydrogens is 236 g/mol. The van der Waals surface area contributed by atoms with Gasteiger partial charge in [-0.05, 0) is 57.3 Å². The average molecular weight is 262 g/mol. The standard InChI is InChI=1S/C16H26N2O/c1-12-9-15(12)16-6-5-14(19-16)10-17-13(2)11-18-7-3-4-8-18/h5-6,12-13,15,17H,3-4,7-11H2,1-2H3. The zero-order valence-corrected chi connectivity index (χ0v) is 12.2. The third-order valence-electron chi connectivity index (χ3n) is 4.51. The molecular formula is C16H26N2O. The number of likely N-dealkylation sites (tertiary alicyclic amines) is 1. The van der Waals surface area contributed by atoms with Gasteiger partial charge in [0.2, 0.25) is 0 Å². The molecule has 1 aliphatic carbocycles. The van der Waals surface area contributed by atoms with Gasteiger partial charge in [0.05, 0.1) is 6.54 Å². The zero-order chi connectivity index (χ0) is 13.2. The van der Waals surface area contributed by atoms with E-state index in [2.05, 4.69) is 36.2 Å². The lowest BCUT2D eigenvalue weighted by Crippen LogP contribution is -2.37. The van der Waals surface area contributed by atoms with Gasteiger partial charge in [-0.3, -0.25) is 0 Å². The van der Waals surface area contributed by atoms with Gasteiger partial charge in [-0.1, -0.05) is 6.92 Å². The largest absolute Gasteiger partial charge is 0.464 e. The fraction of sp³-hybridized carbons (Fsp3) is 0.750. The number of nitrogens with one attached hydrogen (secondary N) is 1. The van der Waals surface area contributed by atoms with Crippen molar-refractivity contribution in [2.75, 3.05) is 19.6 Å². The van der Waals surface area contributed by atoms with E-state index in [1.807, 2.05) is 0 Å². The summed E-state index contributed by atoms with van der Waals surface area (Å²) in [6.45, 7) is 9.13. The van der Waals surface area contributed by atoms with E-state index in [0.717, 1.165) is 24.8 Å². The highest BCUT2D eigenvalue weighted by molar-refractivity contribution is 5.17. The van der Waals surface area contributed by atoms with Crippen LogP contribution >= 0.6 is 0 Å². The van der Waals surface area contributed by atoms with Gasteiger partial charge in [0.15, 0.2) is 0 Å². The monoisotopic (exact) mass is 262 g/mol. The van der Waals surface area contributed by atoms with E-state index in [4.69, 9.17) is 4.42 Å². The van der Waals surface area contributed by atoms with Crippen LogP contribution in [0.25, 0.3) is 0 Å². The van der Waals surface area contributed by atoms with Crippen molar-refractivity contribution in [3.05, 3.63) is 23.7 Å². The van der Waals surface area contributed by atoms with Crippen molar-refractivity contribution < 1.29 is 4.42 Å². The Kier molecular flexibility index (Phi) is 3.94.